The zero-order valence-corrected chi connectivity index (χ0v) is 23.0. The van der Waals surface area contributed by atoms with Gasteiger partial charge in [0.2, 0.25) is 0 Å². The molecule has 0 radical (unpaired) electrons. The standard InChI is InChI=1S/C31H36N6O4/c32-25-7-9-26(10-8-25)34-29(38)24-6-11-28(27(20-24)35-31(40)41-21-22-4-2-1-3-5-22)36-16-18-37(19-17-36)30(39)23-12-14-33-15-13-23/h1-6,11-15,20,25-26H,7-10,16-19,21,32H2,(H,34,38)(H,35,40). The summed E-state index contributed by atoms with van der Waals surface area (Å²) in [6.07, 6.45) is 6.09. The number of aromatic nitrogens is 1. The number of hydrogen-bond donors (Lipinski definition) is 3. The van der Waals surface area contributed by atoms with Crippen LogP contribution in [-0.2, 0) is 11.3 Å². The molecule has 4 N–H and O–H groups in total. The lowest BCUT2D eigenvalue weighted by Gasteiger charge is -2.37. The van der Waals surface area contributed by atoms with Crippen LogP contribution < -0.4 is 21.3 Å². The first kappa shape index (κ1) is 28.1. The molecule has 1 aliphatic heterocycles. The fourth-order valence-electron chi connectivity index (χ4n) is 5.28. The van der Waals surface area contributed by atoms with Gasteiger partial charge in [-0.05, 0) is 61.6 Å². The molecule has 0 unspecified atom stereocenters. The van der Waals surface area contributed by atoms with Crippen LogP contribution in [0.2, 0.25) is 0 Å². The van der Waals surface area contributed by atoms with Gasteiger partial charge < -0.3 is 25.6 Å². The van der Waals surface area contributed by atoms with Crippen LogP contribution in [0.1, 0.15) is 52.0 Å². The van der Waals surface area contributed by atoms with Crippen molar-refractivity contribution in [3.8, 4) is 0 Å². The maximum atomic E-state index is 13.1. The van der Waals surface area contributed by atoms with Crippen molar-refractivity contribution < 1.29 is 19.1 Å². The lowest BCUT2D eigenvalue weighted by atomic mass is 9.91. The molecule has 2 aromatic carbocycles. The van der Waals surface area contributed by atoms with Gasteiger partial charge in [-0.3, -0.25) is 19.9 Å². The van der Waals surface area contributed by atoms with Crippen molar-refractivity contribution in [1.29, 1.82) is 0 Å². The number of nitrogens with one attached hydrogen (secondary N) is 2. The molecule has 41 heavy (non-hydrogen) atoms. The number of anilines is 2. The molecule has 214 valence electrons. The monoisotopic (exact) mass is 556 g/mol. The Morgan fingerprint density at radius 3 is 2.29 bits per heavy atom. The van der Waals surface area contributed by atoms with E-state index in [0.717, 1.165) is 36.9 Å². The summed E-state index contributed by atoms with van der Waals surface area (Å²) in [4.78, 5) is 46.8. The molecule has 3 amide bonds. The van der Waals surface area contributed by atoms with E-state index in [4.69, 9.17) is 10.5 Å². The maximum Gasteiger partial charge on any atom is 0.412 e. The fourth-order valence-corrected chi connectivity index (χ4v) is 5.28. The van der Waals surface area contributed by atoms with Gasteiger partial charge in [0.1, 0.15) is 6.61 Å². The number of carbonyl (C=O) groups is 3. The summed E-state index contributed by atoms with van der Waals surface area (Å²) in [5.74, 6) is -0.226. The van der Waals surface area contributed by atoms with Crippen LogP contribution in [0.15, 0.2) is 73.1 Å². The number of piperazine rings is 1. The van der Waals surface area contributed by atoms with Gasteiger partial charge in [0.05, 0.1) is 11.4 Å². The molecule has 1 saturated heterocycles. The topological polar surface area (TPSA) is 130 Å². The molecule has 1 aromatic heterocycles. The molecule has 1 saturated carbocycles. The molecule has 2 fully saturated rings. The van der Waals surface area contributed by atoms with Crippen molar-refractivity contribution in [3.63, 3.8) is 0 Å². The highest BCUT2D eigenvalue weighted by Crippen LogP contribution is 2.29. The Morgan fingerprint density at radius 2 is 1.59 bits per heavy atom. The number of ether oxygens (including phenoxy) is 1. The Bertz CT molecular complexity index is 1340. The number of hydrogen-bond acceptors (Lipinski definition) is 7. The summed E-state index contributed by atoms with van der Waals surface area (Å²) in [5.41, 5.74) is 9.19. The van der Waals surface area contributed by atoms with Gasteiger partial charge in [0.25, 0.3) is 11.8 Å². The molecule has 5 rings (SSSR count). The Hall–Kier alpha value is -4.44. The Balaban J connectivity index is 1.29. The van der Waals surface area contributed by atoms with E-state index in [1.165, 1.54) is 0 Å². The number of benzene rings is 2. The van der Waals surface area contributed by atoms with E-state index in [1.54, 1.807) is 36.7 Å². The van der Waals surface area contributed by atoms with Gasteiger partial charge in [0.15, 0.2) is 0 Å². The molecule has 2 heterocycles. The van der Waals surface area contributed by atoms with Crippen LogP contribution in [0.5, 0.6) is 0 Å². The number of carbonyl (C=O) groups excluding carboxylic acids is 3. The van der Waals surface area contributed by atoms with E-state index in [1.807, 2.05) is 41.3 Å². The molecule has 0 spiro atoms. The number of amides is 3. The molecular formula is C31H36N6O4. The minimum atomic E-state index is -0.611. The summed E-state index contributed by atoms with van der Waals surface area (Å²) >= 11 is 0. The summed E-state index contributed by atoms with van der Waals surface area (Å²) < 4.78 is 5.46. The number of pyridine rings is 1. The smallest absolute Gasteiger partial charge is 0.412 e. The van der Waals surface area contributed by atoms with E-state index in [2.05, 4.69) is 20.5 Å². The first-order valence-electron chi connectivity index (χ1n) is 14.1. The molecule has 10 heteroatoms. The second kappa shape index (κ2) is 13.3. The van der Waals surface area contributed by atoms with Crippen molar-refractivity contribution in [2.24, 2.45) is 5.73 Å². The molecule has 3 aromatic rings. The van der Waals surface area contributed by atoms with E-state index < -0.39 is 6.09 Å². The van der Waals surface area contributed by atoms with Gasteiger partial charge in [-0.15, -0.1) is 0 Å². The van der Waals surface area contributed by atoms with Crippen molar-refractivity contribution in [2.45, 2.75) is 44.4 Å². The summed E-state index contributed by atoms with van der Waals surface area (Å²) in [5, 5.41) is 5.97. The second-order valence-electron chi connectivity index (χ2n) is 10.5. The first-order chi connectivity index (χ1) is 20.0. The van der Waals surface area contributed by atoms with Crippen molar-refractivity contribution in [1.82, 2.24) is 15.2 Å². The predicted octanol–water partition coefficient (Wildman–Crippen LogP) is 3.79. The predicted molar refractivity (Wildman–Crippen MR) is 157 cm³/mol. The third kappa shape index (κ3) is 7.40. The van der Waals surface area contributed by atoms with Crippen LogP contribution in [0.25, 0.3) is 0 Å². The second-order valence-corrected chi connectivity index (χ2v) is 10.5. The van der Waals surface area contributed by atoms with E-state index >= 15 is 0 Å². The molecular weight excluding hydrogens is 520 g/mol. The SMILES string of the molecule is NC1CCC(NC(=O)c2ccc(N3CCN(C(=O)c4ccncc4)CC3)c(NC(=O)OCc3ccccc3)c2)CC1. The largest absolute Gasteiger partial charge is 0.444 e. The lowest BCUT2D eigenvalue weighted by molar-refractivity contribution is 0.0746. The summed E-state index contributed by atoms with van der Waals surface area (Å²) in [6.45, 7) is 2.30. The summed E-state index contributed by atoms with van der Waals surface area (Å²) in [7, 11) is 0. The highest BCUT2D eigenvalue weighted by atomic mass is 16.5. The van der Waals surface area contributed by atoms with E-state index in [9.17, 15) is 14.4 Å². The zero-order chi connectivity index (χ0) is 28.6. The van der Waals surface area contributed by atoms with Gasteiger partial charge >= 0.3 is 6.09 Å². The van der Waals surface area contributed by atoms with Crippen LogP contribution >= 0.6 is 0 Å². The fraction of sp³-hybridized carbons (Fsp3) is 0.355. The Kier molecular flexibility index (Phi) is 9.10. The molecule has 2 aliphatic rings. The molecule has 1 aliphatic carbocycles. The van der Waals surface area contributed by atoms with E-state index in [0.29, 0.717) is 43.0 Å². The number of nitrogens with two attached hydrogens (primary N) is 1. The van der Waals surface area contributed by atoms with Crippen molar-refractivity contribution in [3.05, 3.63) is 89.7 Å². The van der Waals surface area contributed by atoms with Crippen LogP contribution in [0.4, 0.5) is 16.2 Å². The third-order valence-corrected chi connectivity index (χ3v) is 7.65. The average molecular weight is 557 g/mol. The highest BCUT2D eigenvalue weighted by Gasteiger charge is 2.26. The third-order valence-electron chi connectivity index (χ3n) is 7.65. The van der Waals surface area contributed by atoms with Crippen LogP contribution in [-0.4, -0.2) is 66.1 Å². The molecule has 0 atom stereocenters. The van der Waals surface area contributed by atoms with Crippen LogP contribution in [0.3, 0.4) is 0 Å². The average Bonchev–Trinajstić information content (AvgIpc) is 3.02. The van der Waals surface area contributed by atoms with Gasteiger partial charge in [-0.1, -0.05) is 30.3 Å². The van der Waals surface area contributed by atoms with Gasteiger partial charge in [-0.2, -0.15) is 0 Å². The van der Waals surface area contributed by atoms with Crippen molar-refractivity contribution in [2.75, 3.05) is 36.4 Å². The normalized spacial score (nSPS) is 18.9. The number of rotatable bonds is 7. The van der Waals surface area contributed by atoms with Gasteiger partial charge in [-0.25, -0.2) is 4.79 Å². The lowest BCUT2D eigenvalue weighted by Crippen LogP contribution is -2.49. The highest BCUT2D eigenvalue weighted by molar-refractivity contribution is 5.99. The van der Waals surface area contributed by atoms with Crippen LogP contribution in [0, 0.1) is 0 Å². The summed E-state index contributed by atoms with van der Waals surface area (Å²) in [6, 6.07) is 18.4. The minimum Gasteiger partial charge on any atom is -0.444 e. The minimum absolute atomic E-state index is 0.0365. The first-order valence-corrected chi connectivity index (χ1v) is 14.1. The Morgan fingerprint density at radius 1 is 0.878 bits per heavy atom. The zero-order valence-electron chi connectivity index (χ0n) is 23.0. The molecule has 10 nitrogen and oxygen atoms in total. The quantitative estimate of drug-likeness (QED) is 0.404. The maximum absolute atomic E-state index is 13.1. The Labute approximate surface area is 239 Å². The van der Waals surface area contributed by atoms with Crippen molar-refractivity contribution >= 4 is 29.3 Å². The number of nitrogens with zero attached hydrogens (tertiary/aromatic N) is 3. The molecule has 0 bridgehead atoms. The van der Waals surface area contributed by atoms with E-state index in [-0.39, 0.29) is 30.5 Å². The van der Waals surface area contributed by atoms with Gasteiger partial charge in [0, 0.05) is 61.8 Å².